The van der Waals surface area contributed by atoms with Gasteiger partial charge in [0, 0.05) is 13.1 Å². The molecule has 1 fully saturated rings. The van der Waals surface area contributed by atoms with Crippen LogP contribution in [0.5, 0.6) is 0 Å². The average molecular weight is 438 g/mol. The Morgan fingerprint density at radius 2 is 1.72 bits per heavy atom. The topological polar surface area (TPSA) is 90.0 Å². The van der Waals surface area contributed by atoms with Gasteiger partial charge in [-0.25, -0.2) is 18.0 Å². The van der Waals surface area contributed by atoms with Gasteiger partial charge in [0.2, 0.25) is 10.0 Å². The van der Waals surface area contributed by atoms with Gasteiger partial charge < -0.3 is 9.47 Å². The van der Waals surface area contributed by atoms with E-state index in [9.17, 15) is 18.0 Å². The Morgan fingerprint density at radius 3 is 2.41 bits per heavy atom. The average Bonchev–Trinajstić information content (AvgIpc) is 3.27. The molecule has 29 heavy (non-hydrogen) atoms. The third-order valence-electron chi connectivity index (χ3n) is 4.57. The Balaban J connectivity index is 1.76. The molecule has 0 aromatic heterocycles. The molecule has 0 amide bonds. The lowest BCUT2D eigenvalue weighted by atomic mass is 10.1. The number of hydrogen-bond acceptors (Lipinski definition) is 6. The summed E-state index contributed by atoms with van der Waals surface area (Å²) in [6.45, 7) is 0.786. The number of benzene rings is 2. The molecule has 1 aliphatic heterocycles. The van der Waals surface area contributed by atoms with Crippen LogP contribution in [0.1, 0.15) is 39.1 Å². The van der Waals surface area contributed by atoms with E-state index >= 15 is 0 Å². The summed E-state index contributed by atoms with van der Waals surface area (Å²) >= 11 is 6.10. The van der Waals surface area contributed by atoms with Crippen LogP contribution in [0.25, 0.3) is 0 Å². The van der Waals surface area contributed by atoms with Crippen molar-refractivity contribution < 1.29 is 27.5 Å². The van der Waals surface area contributed by atoms with Crippen LogP contribution in [0, 0.1) is 0 Å². The van der Waals surface area contributed by atoms with Gasteiger partial charge in [-0.15, -0.1) is 0 Å². The Kier molecular flexibility index (Phi) is 6.56. The molecule has 1 aliphatic rings. The Hall–Kier alpha value is -2.42. The number of carbonyl (C=O) groups excluding carboxylic acids is 2. The maximum absolute atomic E-state index is 12.8. The van der Waals surface area contributed by atoms with Gasteiger partial charge in [0.25, 0.3) is 0 Å². The third-order valence-corrected chi connectivity index (χ3v) is 6.95. The van der Waals surface area contributed by atoms with E-state index in [4.69, 9.17) is 16.3 Å². The van der Waals surface area contributed by atoms with Crippen molar-refractivity contribution in [3.8, 4) is 0 Å². The Bertz CT molecular complexity index is 1030. The van der Waals surface area contributed by atoms with E-state index in [1.165, 1.54) is 29.6 Å². The van der Waals surface area contributed by atoms with E-state index in [-0.39, 0.29) is 22.1 Å². The quantitative estimate of drug-likeness (QED) is 0.644. The first kappa shape index (κ1) is 21.3. The van der Waals surface area contributed by atoms with Crippen LogP contribution >= 0.6 is 11.6 Å². The summed E-state index contributed by atoms with van der Waals surface area (Å²) in [6.07, 6.45) is 1.59. The fourth-order valence-electron chi connectivity index (χ4n) is 3.03. The minimum Gasteiger partial charge on any atom is -0.465 e. The second-order valence-corrected chi connectivity index (χ2v) is 8.84. The predicted octanol–water partition coefficient (Wildman–Crippen LogP) is 3.27. The number of halogens is 1. The van der Waals surface area contributed by atoms with Gasteiger partial charge in [-0.2, -0.15) is 4.31 Å². The lowest BCUT2D eigenvalue weighted by Gasteiger charge is -2.17. The van der Waals surface area contributed by atoms with Gasteiger partial charge in [-0.3, -0.25) is 0 Å². The molecule has 0 saturated carbocycles. The molecule has 0 spiro atoms. The number of hydrogen-bond donors (Lipinski definition) is 0. The van der Waals surface area contributed by atoms with Crippen LogP contribution in [0.15, 0.2) is 47.4 Å². The molecule has 9 heteroatoms. The van der Waals surface area contributed by atoms with E-state index in [1.54, 1.807) is 24.3 Å². The van der Waals surface area contributed by atoms with Crippen molar-refractivity contribution in [1.29, 1.82) is 0 Å². The first-order chi connectivity index (χ1) is 13.8. The van der Waals surface area contributed by atoms with Crippen LogP contribution in [-0.4, -0.2) is 44.9 Å². The molecule has 3 rings (SSSR count). The minimum absolute atomic E-state index is 0.0548. The molecule has 1 saturated heterocycles. The number of esters is 2. The SMILES string of the molecule is COC(=O)c1cccc(COC(=O)c2ccc(Cl)c(S(=O)(=O)N3CCCC3)c2)c1. The highest BCUT2D eigenvalue weighted by Crippen LogP contribution is 2.28. The number of nitrogens with zero attached hydrogens (tertiary/aromatic N) is 1. The van der Waals surface area contributed by atoms with E-state index in [0.717, 1.165) is 12.8 Å². The van der Waals surface area contributed by atoms with Gasteiger partial charge in [0.15, 0.2) is 0 Å². The zero-order chi connectivity index (χ0) is 21.0. The minimum atomic E-state index is -3.77. The summed E-state index contributed by atoms with van der Waals surface area (Å²) in [4.78, 5) is 23.9. The number of carbonyl (C=O) groups is 2. The predicted molar refractivity (Wildman–Crippen MR) is 106 cm³/mol. The van der Waals surface area contributed by atoms with Gasteiger partial charge in [-0.1, -0.05) is 23.7 Å². The maximum Gasteiger partial charge on any atom is 0.338 e. The molecular formula is C20H20ClNO6S. The third kappa shape index (κ3) is 4.77. The molecule has 0 unspecified atom stereocenters. The zero-order valence-corrected chi connectivity index (χ0v) is 17.3. The van der Waals surface area contributed by atoms with Crippen molar-refractivity contribution in [2.75, 3.05) is 20.2 Å². The molecule has 7 nitrogen and oxygen atoms in total. The van der Waals surface area contributed by atoms with Crippen LogP contribution in [-0.2, 0) is 26.1 Å². The first-order valence-corrected chi connectivity index (χ1v) is 10.8. The van der Waals surface area contributed by atoms with Crippen LogP contribution in [0.4, 0.5) is 0 Å². The molecule has 154 valence electrons. The van der Waals surface area contributed by atoms with E-state index in [0.29, 0.717) is 24.2 Å². The normalized spacial score (nSPS) is 14.6. The molecule has 2 aromatic rings. The lowest BCUT2D eigenvalue weighted by molar-refractivity contribution is 0.0472. The summed E-state index contributed by atoms with van der Waals surface area (Å²) < 4.78 is 36.9. The number of sulfonamides is 1. The van der Waals surface area contributed by atoms with Crippen LogP contribution in [0.2, 0.25) is 5.02 Å². The van der Waals surface area contributed by atoms with Crippen molar-refractivity contribution in [2.45, 2.75) is 24.3 Å². The monoisotopic (exact) mass is 437 g/mol. The van der Waals surface area contributed by atoms with Crippen LogP contribution < -0.4 is 0 Å². The summed E-state index contributed by atoms with van der Waals surface area (Å²) in [6, 6.07) is 10.5. The highest BCUT2D eigenvalue weighted by molar-refractivity contribution is 7.89. The zero-order valence-electron chi connectivity index (χ0n) is 15.8. The Morgan fingerprint density at radius 1 is 1.03 bits per heavy atom. The summed E-state index contributed by atoms with van der Waals surface area (Å²) in [5.41, 5.74) is 1.02. The molecule has 0 N–H and O–H groups in total. The highest BCUT2D eigenvalue weighted by atomic mass is 35.5. The van der Waals surface area contributed by atoms with Crippen molar-refractivity contribution in [2.24, 2.45) is 0 Å². The number of ether oxygens (including phenoxy) is 2. The summed E-state index contributed by atoms with van der Waals surface area (Å²) in [5, 5.41) is 0.0548. The van der Waals surface area contributed by atoms with Crippen molar-refractivity contribution >= 4 is 33.6 Å². The Labute approximate surface area is 174 Å². The van der Waals surface area contributed by atoms with Crippen molar-refractivity contribution in [3.05, 3.63) is 64.2 Å². The van der Waals surface area contributed by atoms with Gasteiger partial charge >= 0.3 is 11.9 Å². The van der Waals surface area contributed by atoms with Crippen molar-refractivity contribution in [1.82, 2.24) is 4.31 Å². The molecule has 0 bridgehead atoms. The second kappa shape index (κ2) is 8.94. The maximum atomic E-state index is 12.8. The molecule has 1 heterocycles. The fraction of sp³-hybridized carbons (Fsp3) is 0.300. The smallest absolute Gasteiger partial charge is 0.338 e. The van der Waals surface area contributed by atoms with E-state index in [2.05, 4.69) is 4.74 Å². The van der Waals surface area contributed by atoms with E-state index in [1.807, 2.05) is 0 Å². The number of rotatable bonds is 6. The summed E-state index contributed by atoms with van der Waals surface area (Å²) in [5.74, 6) is -1.18. The van der Waals surface area contributed by atoms with Crippen LogP contribution in [0.3, 0.4) is 0 Å². The van der Waals surface area contributed by atoms with Crippen molar-refractivity contribution in [3.63, 3.8) is 0 Å². The standard InChI is InChI=1S/C20H20ClNO6S/c1-27-19(23)15-6-4-5-14(11-15)13-28-20(24)16-7-8-17(21)18(12-16)29(25,26)22-9-2-3-10-22/h4-8,11-12H,2-3,9-10,13H2,1H3. The largest absolute Gasteiger partial charge is 0.465 e. The molecule has 0 atom stereocenters. The highest BCUT2D eigenvalue weighted by Gasteiger charge is 2.30. The van der Waals surface area contributed by atoms with E-state index < -0.39 is 22.0 Å². The molecular weight excluding hydrogens is 418 g/mol. The van der Waals surface area contributed by atoms with Gasteiger partial charge in [0.05, 0.1) is 23.3 Å². The second-order valence-electron chi connectivity index (χ2n) is 6.52. The summed E-state index contributed by atoms with van der Waals surface area (Å²) in [7, 11) is -2.49. The number of methoxy groups -OCH3 is 1. The first-order valence-electron chi connectivity index (χ1n) is 8.97. The van der Waals surface area contributed by atoms with Gasteiger partial charge in [-0.05, 0) is 48.7 Å². The lowest BCUT2D eigenvalue weighted by Crippen LogP contribution is -2.28. The van der Waals surface area contributed by atoms with Gasteiger partial charge in [0.1, 0.15) is 11.5 Å². The molecule has 2 aromatic carbocycles. The molecule has 0 radical (unpaired) electrons. The molecule has 0 aliphatic carbocycles. The fourth-order valence-corrected chi connectivity index (χ4v) is 5.05.